The molecular weight excluding hydrogens is 258 g/mol. The van der Waals surface area contributed by atoms with Crippen molar-refractivity contribution in [3.63, 3.8) is 0 Å². The molecule has 0 atom stereocenters. The Bertz CT molecular complexity index is 555. The van der Waals surface area contributed by atoms with Crippen molar-refractivity contribution in [2.24, 2.45) is 0 Å². The Hall–Kier alpha value is -2.48. The second-order valence-electron chi connectivity index (χ2n) is 4.24. The predicted octanol–water partition coefficient (Wildman–Crippen LogP) is 2.56. The molecule has 0 aliphatic heterocycles. The van der Waals surface area contributed by atoms with Crippen LogP contribution < -0.4 is 9.47 Å². The summed E-state index contributed by atoms with van der Waals surface area (Å²) in [6, 6.07) is 6.96. The number of hydrogen-bond acceptors (Lipinski definition) is 5. The van der Waals surface area contributed by atoms with Gasteiger partial charge in [0.25, 0.3) is 0 Å². The monoisotopic (exact) mass is 275 g/mol. The number of benzene rings is 1. The lowest BCUT2D eigenvalue weighted by atomic mass is 10.1. The molecule has 0 saturated heterocycles. The average Bonchev–Trinajstić information content (AvgIpc) is 2.44. The molecule has 0 amide bonds. The van der Waals surface area contributed by atoms with E-state index >= 15 is 0 Å². The summed E-state index contributed by atoms with van der Waals surface area (Å²) in [5, 5.41) is 8.91. The maximum absolute atomic E-state index is 11.3. The van der Waals surface area contributed by atoms with E-state index in [2.05, 4.69) is 4.74 Å². The molecule has 0 aliphatic carbocycles. The number of carbonyl (C=O) groups is 1. The first-order chi connectivity index (χ1) is 9.51. The van der Waals surface area contributed by atoms with E-state index in [9.17, 15) is 4.79 Å². The lowest BCUT2D eigenvalue weighted by molar-refractivity contribution is -0.135. The van der Waals surface area contributed by atoms with Crippen LogP contribution in [0.3, 0.4) is 0 Å². The number of nitriles is 1. The lowest BCUT2D eigenvalue weighted by Crippen LogP contribution is -2.06. The second kappa shape index (κ2) is 7.19. The van der Waals surface area contributed by atoms with Gasteiger partial charge in [0.1, 0.15) is 11.6 Å². The quantitative estimate of drug-likeness (QED) is 0.469. The van der Waals surface area contributed by atoms with Gasteiger partial charge in [0.2, 0.25) is 0 Å². The fourth-order valence-electron chi connectivity index (χ4n) is 1.54. The van der Waals surface area contributed by atoms with Crippen molar-refractivity contribution < 1.29 is 19.0 Å². The van der Waals surface area contributed by atoms with Crippen LogP contribution in [0.5, 0.6) is 11.5 Å². The Labute approximate surface area is 118 Å². The molecule has 0 fully saturated rings. The Morgan fingerprint density at radius 2 is 2.00 bits per heavy atom. The highest BCUT2D eigenvalue weighted by molar-refractivity contribution is 5.97. The Balaban J connectivity index is 3.13. The first kappa shape index (κ1) is 15.6. The molecule has 0 bridgehead atoms. The third kappa shape index (κ3) is 4.02. The Morgan fingerprint density at radius 1 is 1.30 bits per heavy atom. The summed E-state index contributed by atoms with van der Waals surface area (Å²) < 4.78 is 15.3. The molecule has 0 N–H and O–H groups in total. The molecule has 0 saturated carbocycles. The van der Waals surface area contributed by atoms with Gasteiger partial charge in [-0.05, 0) is 37.6 Å². The summed E-state index contributed by atoms with van der Waals surface area (Å²) in [7, 11) is 2.76. The summed E-state index contributed by atoms with van der Waals surface area (Å²) in [6.45, 7) is 3.83. The van der Waals surface area contributed by atoms with Crippen LogP contribution in [-0.2, 0) is 9.53 Å². The van der Waals surface area contributed by atoms with Gasteiger partial charge in [-0.25, -0.2) is 4.79 Å². The van der Waals surface area contributed by atoms with Gasteiger partial charge in [0.05, 0.1) is 20.3 Å². The van der Waals surface area contributed by atoms with Gasteiger partial charge < -0.3 is 14.2 Å². The molecule has 1 rings (SSSR count). The van der Waals surface area contributed by atoms with Crippen molar-refractivity contribution in [3.8, 4) is 17.6 Å². The van der Waals surface area contributed by atoms with Crippen LogP contribution in [0.25, 0.3) is 6.08 Å². The molecule has 0 aliphatic rings. The van der Waals surface area contributed by atoms with E-state index in [0.29, 0.717) is 17.1 Å². The van der Waals surface area contributed by atoms with Crippen LogP contribution in [-0.4, -0.2) is 26.3 Å². The first-order valence-corrected chi connectivity index (χ1v) is 6.06. The summed E-state index contributed by atoms with van der Waals surface area (Å²) in [6.07, 6.45) is 1.46. The number of methoxy groups -OCH3 is 2. The van der Waals surface area contributed by atoms with E-state index < -0.39 is 5.97 Å². The lowest BCUT2D eigenvalue weighted by Gasteiger charge is -2.13. The van der Waals surface area contributed by atoms with E-state index in [0.717, 1.165) is 0 Å². The van der Waals surface area contributed by atoms with Crippen molar-refractivity contribution in [1.29, 1.82) is 5.26 Å². The third-order valence-electron chi connectivity index (χ3n) is 2.39. The zero-order chi connectivity index (χ0) is 15.1. The molecule has 0 aromatic heterocycles. The Kier molecular flexibility index (Phi) is 5.60. The van der Waals surface area contributed by atoms with E-state index in [1.807, 2.05) is 13.8 Å². The van der Waals surface area contributed by atoms with Crippen molar-refractivity contribution in [1.82, 2.24) is 0 Å². The average molecular weight is 275 g/mol. The number of hydrogen-bond donors (Lipinski definition) is 0. The SMILES string of the molecule is COC(=O)/C(C#N)=C/c1ccc(OC(C)C)c(OC)c1. The number of nitrogens with zero attached hydrogens (tertiary/aromatic N) is 1. The summed E-state index contributed by atoms with van der Waals surface area (Å²) >= 11 is 0. The van der Waals surface area contributed by atoms with Crippen LogP contribution in [0.1, 0.15) is 19.4 Å². The van der Waals surface area contributed by atoms with Gasteiger partial charge in [0, 0.05) is 0 Å². The van der Waals surface area contributed by atoms with Crippen LogP contribution in [0.4, 0.5) is 0 Å². The van der Waals surface area contributed by atoms with Gasteiger partial charge in [-0.3, -0.25) is 0 Å². The fourth-order valence-corrected chi connectivity index (χ4v) is 1.54. The molecule has 5 heteroatoms. The number of esters is 1. The maximum Gasteiger partial charge on any atom is 0.348 e. The van der Waals surface area contributed by atoms with Crippen LogP contribution in [0.2, 0.25) is 0 Å². The first-order valence-electron chi connectivity index (χ1n) is 6.06. The molecule has 0 spiro atoms. The number of ether oxygens (including phenoxy) is 3. The fraction of sp³-hybridized carbons (Fsp3) is 0.333. The molecule has 0 heterocycles. The van der Waals surface area contributed by atoms with Gasteiger partial charge in [-0.15, -0.1) is 0 Å². The molecule has 1 aromatic carbocycles. The van der Waals surface area contributed by atoms with Gasteiger partial charge >= 0.3 is 5.97 Å². The van der Waals surface area contributed by atoms with Gasteiger partial charge in [-0.2, -0.15) is 5.26 Å². The number of rotatable bonds is 5. The predicted molar refractivity (Wildman–Crippen MR) is 74.4 cm³/mol. The zero-order valence-electron chi connectivity index (χ0n) is 12.0. The van der Waals surface area contributed by atoms with Crippen LogP contribution in [0, 0.1) is 11.3 Å². The highest BCUT2D eigenvalue weighted by Gasteiger charge is 2.11. The molecular formula is C15H17NO4. The highest BCUT2D eigenvalue weighted by Crippen LogP contribution is 2.29. The minimum Gasteiger partial charge on any atom is -0.493 e. The summed E-state index contributed by atoms with van der Waals surface area (Å²) in [4.78, 5) is 11.3. The number of carbonyl (C=O) groups excluding carboxylic acids is 1. The van der Waals surface area contributed by atoms with E-state index in [4.69, 9.17) is 14.7 Å². The summed E-state index contributed by atoms with van der Waals surface area (Å²) in [5.41, 5.74) is 0.576. The second-order valence-corrected chi connectivity index (χ2v) is 4.24. The smallest absolute Gasteiger partial charge is 0.348 e. The highest BCUT2D eigenvalue weighted by atomic mass is 16.5. The van der Waals surface area contributed by atoms with E-state index in [1.54, 1.807) is 24.3 Å². The maximum atomic E-state index is 11.3. The van der Waals surface area contributed by atoms with E-state index in [-0.39, 0.29) is 11.7 Å². The van der Waals surface area contributed by atoms with Crippen molar-refractivity contribution >= 4 is 12.0 Å². The molecule has 106 valence electrons. The molecule has 1 aromatic rings. The van der Waals surface area contributed by atoms with Crippen molar-refractivity contribution in [2.45, 2.75) is 20.0 Å². The topological polar surface area (TPSA) is 68.6 Å². The largest absolute Gasteiger partial charge is 0.493 e. The minimum absolute atomic E-state index is 0.0232. The summed E-state index contributed by atoms with van der Waals surface area (Å²) in [5.74, 6) is 0.472. The molecule has 5 nitrogen and oxygen atoms in total. The van der Waals surface area contributed by atoms with Crippen LogP contribution >= 0.6 is 0 Å². The minimum atomic E-state index is -0.672. The standard InChI is InChI=1S/C15H17NO4/c1-10(2)20-13-6-5-11(8-14(13)18-3)7-12(9-16)15(17)19-4/h5-8,10H,1-4H3/b12-7+. The Morgan fingerprint density at radius 3 is 2.50 bits per heavy atom. The normalized spacial score (nSPS) is 10.9. The van der Waals surface area contributed by atoms with Crippen molar-refractivity contribution in [3.05, 3.63) is 29.3 Å². The molecule has 0 unspecified atom stereocenters. The molecule has 20 heavy (non-hydrogen) atoms. The van der Waals surface area contributed by atoms with Gasteiger partial charge in [-0.1, -0.05) is 6.07 Å². The molecule has 0 radical (unpaired) electrons. The van der Waals surface area contributed by atoms with Crippen LogP contribution in [0.15, 0.2) is 23.8 Å². The van der Waals surface area contributed by atoms with Crippen molar-refractivity contribution in [2.75, 3.05) is 14.2 Å². The van der Waals surface area contributed by atoms with Gasteiger partial charge in [0.15, 0.2) is 11.5 Å². The third-order valence-corrected chi connectivity index (χ3v) is 2.39. The van der Waals surface area contributed by atoms with E-state index in [1.165, 1.54) is 20.3 Å². The zero-order valence-corrected chi connectivity index (χ0v) is 12.0.